The van der Waals surface area contributed by atoms with Gasteiger partial charge in [-0.25, -0.2) is 4.98 Å². The Kier molecular flexibility index (Phi) is 9.10. The Bertz CT molecular complexity index is 1540. The highest BCUT2D eigenvalue weighted by atomic mass is 35.5. The fourth-order valence-corrected chi connectivity index (χ4v) is 6.72. The maximum absolute atomic E-state index is 13.2. The molecule has 0 aliphatic carbocycles. The number of ether oxygens (including phenoxy) is 1. The van der Waals surface area contributed by atoms with Crippen molar-refractivity contribution < 1.29 is 14.3 Å². The fraction of sp³-hybridized carbons (Fsp3) is 0.321. The predicted molar refractivity (Wildman–Crippen MR) is 158 cm³/mol. The van der Waals surface area contributed by atoms with Crippen molar-refractivity contribution >= 4 is 58.2 Å². The summed E-state index contributed by atoms with van der Waals surface area (Å²) in [5.74, 6) is 0.393. The molecule has 40 heavy (non-hydrogen) atoms. The summed E-state index contributed by atoms with van der Waals surface area (Å²) in [6.45, 7) is 5.08. The molecule has 0 bridgehead atoms. The van der Waals surface area contributed by atoms with E-state index in [-0.39, 0.29) is 17.8 Å². The van der Waals surface area contributed by atoms with Crippen LogP contribution >= 0.6 is 46.3 Å². The summed E-state index contributed by atoms with van der Waals surface area (Å²) in [5, 5.41) is 13.3. The smallest absolute Gasteiger partial charge is 0.310 e. The molecule has 1 amide bonds. The molecular formula is C28H27Cl2N5O3S2. The predicted octanol–water partition coefficient (Wildman–Crippen LogP) is 6.71. The summed E-state index contributed by atoms with van der Waals surface area (Å²) in [7, 11) is 0. The van der Waals surface area contributed by atoms with Gasteiger partial charge in [0.25, 0.3) is 5.91 Å². The monoisotopic (exact) mass is 615 g/mol. The molecule has 1 fully saturated rings. The lowest BCUT2D eigenvalue weighted by Gasteiger charge is -2.31. The number of thiazole rings is 1. The van der Waals surface area contributed by atoms with E-state index in [1.807, 2.05) is 54.0 Å². The summed E-state index contributed by atoms with van der Waals surface area (Å²) in [6.07, 6.45) is 1.49. The van der Waals surface area contributed by atoms with Gasteiger partial charge in [0.05, 0.1) is 29.0 Å². The molecule has 2 aromatic carbocycles. The van der Waals surface area contributed by atoms with Crippen molar-refractivity contribution in [3.05, 3.63) is 74.2 Å². The van der Waals surface area contributed by atoms with E-state index in [1.54, 1.807) is 17.2 Å². The first-order valence-electron chi connectivity index (χ1n) is 12.9. The third kappa shape index (κ3) is 6.20. The number of amides is 1. The zero-order chi connectivity index (χ0) is 28.2. The first-order chi connectivity index (χ1) is 19.4. The molecule has 1 atom stereocenters. The molecule has 0 N–H and O–H groups in total. The van der Waals surface area contributed by atoms with E-state index in [4.69, 9.17) is 27.9 Å². The summed E-state index contributed by atoms with van der Waals surface area (Å²) in [4.78, 5) is 31.7. The maximum Gasteiger partial charge on any atom is 0.310 e. The van der Waals surface area contributed by atoms with Gasteiger partial charge in [-0.3, -0.25) is 14.2 Å². The quantitative estimate of drug-likeness (QED) is 0.161. The molecule has 1 aliphatic rings. The highest BCUT2D eigenvalue weighted by Gasteiger charge is 2.30. The van der Waals surface area contributed by atoms with Crippen LogP contribution in [-0.2, 0) is 15.3 Å². The van der Waals surface area contributed by atoms with E-state index >= 15 is 0 Å². The standard InChI is InChI=1S/C28H27Cl2N5O3S2/c1-3-38-27(37)18-7-6-12-34(14-18)26(36)22-15-39-24(31-22)16-40-28-33-32-25(20-8-4-5-9-21(20)30)35(28)23-13-19(29)11-10-17(23)2/h4-5,8-11,13,15,18H,3,6-7,12,14,16H2,1-2H3. The number of rotatable bonds is 8. The van der Waals surface area contributed by atoms with Crippen LogP contribution in [0.4, 0.5) is 0 Å². The summed E-state index contributed by atoms with van der Waals surface area (Å²) in [5.41, 5.74) is 3.00. The zero-order valence-electron chi connectivity index (χ0n) is 22.0. The number of benzene rings is 2. The van der Waals surface area contributed by atoms with Crippen LogP contribution in [0.5, 0.6) is 0 Å². The molecule has 1 unspecified atom stereocenters. The Hall–Kier alpha value is -2.92. The van der Waals surface area contributed by atoms with Crippen molar-refractivity contribution in [3.8, 4) is 17.1 Å². The number of likely N-dealkylation sites (tertiary alicyclic amines) is 1. The Morgan fingerprint density at radius 3 is 2.80 bits per heavy atom. The minimum atomic E-state index is -0.292. The fourth-order valence-electron chi connectivity index (χ4n) is 4.60. The number of esters is 1. The largest absolute Gasteiger partial charge is 0.466 e. The molecule has 2 aromatic heterocycles. The van der Waals surface area contributed by atoms with Gasteiger partial charge in [-0.15, -0.1) is 21.5 Å². The van der Waals surface area contributed by atoms with Crippen molar-refractivity contribution in [2.24, 2.45) is 5.92 Å². The molecule has 0 saturated carbocycles. The van der Waals surface area contributed by atoms with E-state index in [0.29, 0.717) is 52.2 Å². The first kappa shape index (κ1) is 28.6. The van der Waals surface area contributed by atoms with Crippen LogP contribution in [0, 0.1) is 12.8 Å². The van der Waals surface area contributed by atoms with Crippen molar-refractivity contribution in [2.75, 3.05) is 19.7 Å². The van der Waals surface area contributed by atoms with E-state index in [9.17, 15) is 9.59 Å². The average molecular weight is 617 g/mol. The molecule has 0 spiro atoms. The number of aryl methyl sites for hydroxylation is 1. The third-order valence-corrected chi connectivity index (χ3v) is 9.12. The van der Waals surface area contributed by atoms with Gasteiger partial charge in [0.15, 0.2) is 11.0 Å². The number of halogens is 2. The van der Waals surface area contributed by atoms with Gasteiger partial charge < -0.3 is 9.64 Å². The third-order valence-electron chi connectivity index (χ3n) is 6.58. The average Bonchev–Trinajstić information content (AvgIpc) is 3.60. The van der Waals surface area contributed by atoms with Crippen LogP contribution in [0.15, 0.2) is 53.0 Å². The molecular weight excluding hydrogens is 589 g/mol. The number of aromatic nitrogens is 4. The number of nitrogens with zero attached hydrogens (tertiary/aromatic N) is 5. The van der Waals surface area contributed by atoms with Crippen molar-refractivity contribution in [1.29, 1.82) is 0 Å². The number of carbonyl (C=O) groups excluding carboxylic acids is 2. The highest BCUT2D eigenvalue weighted by Crippen LogP contribution is 2.35. The Morgan fingerprint density at radius 1 is 1.18 bits per heavy atom. The molecule has 1 saturated heterocycles. The zero-order valence-corrected chi connectivity index (χ0v) is 25.1. The molecule has 12 heteroatoms. The van der Waals surface area contributed by atoms with Crippen LogP contribution < -0.4 is 0 Å². The maximum atomic E-state index is 13.2. The van der Waals surface area contributed by atoms with Crippen molar-refractivity contribution in [2.45, 2.75) is 37.6 Å². The highest BCUT2D eigenvalue weighted by molar-refractivity contribution is 7.98. The number of carbonyl (C=O) groups is 2. The SMILES string of the molecule is CCOC(=O)C1CCCN(C(=O)c2csc(CSc3nnc(-c4ccccc4Cl)n3-c3cc(Cl)ccc3C)n2)C1. The molecule has 208 valence electrons. The minimum absolute atomic E-state index is 0.166. The van der Waals surface area contributed by atoms with Crippen molar-refractivity contribution in [3.63, 3.8) is 0 Å². The van der Waals surface area contributed by atoms with Gasteiger partial charge >= 0.3 is 5.97 Å². The van der Waals surface area contributed by atoms with Gasteiger partial charge in [-0.05, 0) is 56.5 Å². The van der Waals surface area contributed by atoms with Gasteiger partial charge in [0, 0.05) is 29.1 Å². The van der Waals surface area contributed by atoms with E-state index in [2.05, 4.69) is 15.2 Å². The lowest BCUT2D eigenvalue weighted by molar-refractivity contribution is -0.149. The minimum Gasteiger partial charge on any atom is -0.466 e. The van der Waals surface area contributed by atoms with Gasteiger partial charge in [-0.1, -0.05) is 53.2 Å². The molecule has 3 heterocycles. The van der Waals surface area contributed by atoms with Gasteiger partial charge in [-0.2, -0.15) is 0 Å². The van der Waals surface area contributed by atoms with E-state index in [0.717, 1.165) is 34.7 Å². The second-order valence-corrected chi connectivity index (χ2v) is 12.0. The van der Waals surface area contributed by atoms with Crippen LogP contribution in [0.3, 0.4) is 0 Å². The lowest BCUT2D eigenvalue weighted by Crippen LogP contribution is -2.43. The number of hydrogen-bond acceptors (Lipinski definition) is 8. The second kappa shape index (κ2) is 12.7. The summed E-state index contributed by atoms with van der Waals surface area (Å²) in [6, 6.07) is 13.2. The summed E-state index contributed by atoms with van der Waals surface area (Å²) >= 11 is 15.8. The van der Waals surface area contributed by atoms with Gasteiger partial charge in [0.1, 0.15) is 10.7 Å². The number of piperidine rings is 1. The molecule has 8 nitrogen and oxygen atoms in total. The number of thioether (sulfide) groups is 1. The molecule has 0 radical (unpaired) electrons. The van der Waals surface area contributed by atoms with E-state index in [1.165, 1.54) is 23.1 Å². The van der Waals surface area contributed by atoms with Crippen molar-refractivity contribution in [1.82, 2.24) is 24.6 Å². The Balaban J connectivity index is 1.36. The van der Waals surface area contributed by atoms with Crippen LogP contribution in [0.1, 0.15) is 40.8 Å². The molecule has 1 aliphatic heterocycles. The topological polar surface area (TPSA) is 90.2 Å². The van der Waals surface area contributed by atoms with Crippen LogP contribution in [-0.4, -0.2) is 56.2 Å². The van der Waals surface area contributed by atoms with Gasteiger partial charge in [0.2, 0.25) is 0 Å². The van der Waals surface area contributed by atoms with E-state index < -0.39 is 0 Å². The Labute approximate surface area is 250 Å². The first-order valence-corrected chi connectivity index (χ1v) is 15.5. The molecule has 4 aromatic rings. The van der Waals surface area contributed by atoms with Crippen LogP contribution in [0.25, 0.3) is 17.1 Å². The summed E-state index contributed by atoms with van der Waals surface area (Å²) < 4.78 is 7.12. The Morgan fingerprint density at radius 2 is 2.00 bits per heavy atom. The normalized spacial score (nSPS) is 15.3. The number of hydrogen-bond donors (Lipinski definition) is 0. The second-order valence-electron chi connectivity index (χ2n) is 9.31. The van der Waals surface area contributed by atoms with Crippen LogP contribution in [0.2, 0.25) is 10.0 Å². The molecule has 5 rings (SSSR count). The lowest BCUT2D eigenvalue weighted by atomic mass is 9.98.